The molecule has 0 spiro atoms. The molecule has 0 aliphatic carbocycles. The Labute approximate surface area is 169 Å². The first-order chi connectivity index (χ1) is 13.8. The third-order valence-corrected chi connectivity index (χ3v) is 5.96. The van der Waals surface area contributed by atoms with Gasteiger partial charge in [0.2, 0.25) is 0 Å². The van der Waals surface area contributed by atoms with Crippen LogP contribution in [0, 0.1) is 22.4 Å². The van der Waals surface area contributed by atoms with E-state index >= 15 is 0 Å². The van der Waals surface area contributed by atoms with E-state index in [0.29, 0.717) is 23.6 Å². The third kappa shape index (κ3) is 4.09. The fraction of sp³-hybridized carbons (Fsp3) is 0.227. The molecule has 4 rings (SSSR count). The molecule has 0 bridgehead atoms. The molecule has 0 saturated heterocycles. The topological polar surface area (TPSA) is 68.0 Å². The molecule has 148 valence electrons. The van der Waals surface area contributed by atoms with Gasteiger partial charge in [0.05, 0.1) is 33.8 Å². The van der Waals surface area contributed by atoms with Crippen LogP contribution in [0.25, 0.3) is 5.69 Å². The largest absolute Gasteiger partial charge is 0.373 e. The summed E-state index contributed by atoms with van der Waals surface area (Å²) in [5.41, 5.74) is 4.11. The second kappa shape index (κ2) is 7.47. The second-order valence-corrected chi connectivity index (χ2v) is 9.26. The minimum Gasteiger partial charge on any atom is -0.373 e. The van der Waals surface area contributed by atoms with E-state index in [0.717, 1.165) is 22.5 Å². The van der Waals surface area contributed by atoms with Crippen LogP contribution in [0.5, 0.6) is 0 Å². The molecule has 1 N–H and O–H groups in total. The summed E-state index contributed by atoms with van der Waals surface area (Å²) in [5, 5.41) is 4.66. The molecule has 1 aromatic heterocycles. The van der Waals surface area contributed by atoms with Crippen LogP contribution < -0.4 is 0 Å². The summed E-state index contributed by atoms with van der Waals surface area (Å²) in [5.74, 6) is 5.90. The van der Waals surface area contributed by atoms with Crippen molar-refractivity contribution in [3.63, 3.8) is 0 Å². The van der Waals surface area contributed by atoms with Crippen molar-refractivity contribution in [3.05, 3.63) is 76.9 Å². The average molecular weight is 409 g/mol. The zero-order valence-corrected chi connectivity index (χ0v) is 16.9. The average Bonchev–Trinajstić information content (AvgIpc) is 3.04. The molecule has 1 unspecified atom stereocenters. The maximum atomic E-state index is 13.3. The lowest BCUT2D eigenvalue weighted by Crippen LogP contribution is -2.21. The number of benzene rings is 2. The van der Waals surface area contributed by atoms with Gasteiger partial charge in [-0.2, -0.15) is 5.10 Å². The first kappa shape index (κ1) is 19.4. The summed E-state index contributed by atoms with van der Waals surface area (Å²) < 4.78 is 40.4. The Kier molecular flexibility index (Phi) is 4.99. The number of nitrogens with zero attached hydrogens (tertiary/aromatic N) is 2. The van der Waals surface area contributed by atoms with Crippen molar-refractivity contribution < 1.29 is 13.3 Å². The predicted octanol–water partition coefficient (Wildman–Crippen LogP) is 3.91. The lowest BCUT2D eigenvalue weighted by Gasteiger charge is -2.20. The predicted molar refractivity (Wildman–Crippen MR) is 109 cm³/mol. The quantitative estimate of drug-likeness (QED) is 0.653. The maximum Gasteiger partial charge on any atom is 0.141 e. The van der Waals surface area contributed by atoms with E-state index in [1.54, 1.807) is 36.4 Å². The highest BCUT2D eigenvalue weighted by atomic mass is 32.2. The number of hydrogen-bond acceptors (Lipinski definition) is 4. The number of aromatic nitrogens is 2. The van der Waals surface area contributed by atoms with Gasteiger partial charge in [-0.3, -0.25) is 0 Å². The van der Waals surface area contributed by atoms with Gasteiger partial charge in [-0.15, -0.1) is 0 Å². The molecule has 0 radical (unpaired) electrons. The van der Waals surface area contributed by atoms with Crippen LogP contribution >= 0.6 is 0 Å². The monoisotopic (exact) mass is 409 g/mol. The zero-order valence-electron chi connectivity index (χ0n) is 16.1. The van der Waals surface area contributed by atoms with Crippen molar-refractivity contribution in [3.8, 4) is 17.5 Å². The normalized spacial score (nSPS) is 17.7. The molecule has 7 heteroatoms. The van der Waals surface area contributed by atoms with Crippen molar-refractivity contribution in [2.45, 2.75) is 31.0 Å². The highest BCUT2D eigenvalue weighted by Crippen LogP contribution is 2.26. The molecule has 1 aliphatic rings. The molecule has 29 heavy (non-hydrogen) atoms. The van der Waals surface area contributed by atoms with Crippen LogP contribution in [0.3, 0.4) is 0 Å². The maximum absolute atomic E-state index is 13.3. The van der Waals surface area contributed by atoms with Crippen molar-refractivity contribution in [2.24, 2.45) is 0 Å². The first-order valence-electron chi connectivity index (χ1n) is 9.15. The molecule has 0 fully saturated rings. The van der Waals surface area contributed by atoms with Gasteiger partial charge in [-0.25, -0.2) is 18.1 Å². The molecular formula is C22H20FN3O2S. The number of halogens is 1. The molecule has 3 aromatic rings. The minimum atomic E-state index is -2.74. The van der Waals surface area contributed by atoms with Crippen molar-refractivity contribution in [1.29, 1.82) is 4.78 Å². The number of nitrogens with one attached hydrogen (secondary N) is 1. The van der Waals surface area contributed by atoms with Crippen molar-refractivity contribution in [1.82, 2.24) is 9.78 Å². The summed E-state index contributed by atoms with van der Waals surface area (Å²) in [4.78, 5) is 0.475. The standard InChI is InChI=1S/C22H20FN3O2S/c1-15-13-22-20(14-28-15)21(25-26(22)18-8-6-17(23)7-9-18)12-5-16-3-10-19(11-4-16)29(2,24)27/h3-4,6-11,15,24H,13-14H2,1-2H3/t15-,29?/m0/s1. The summed E-state index contributed by atoms with van der Waals surface area (Å²) in [6.45, 7) is 2.44. The SMILES string of the molecule is C[C@H]1Cc2c(c(C#Cc3ccc(S(C)(=N)=O)cc3)nn2-c2ccc(F)cc2)CO1. The van der Waals surface area contributed by atoms with Gasteiger partial charge in [0.25, 0.3) is 0 Å². The minimum absolute atomic E-state index is 0.0699. The molecule has 2 heterocycles. The Morgan fingerprint density at radius 1 is 1.17 bits per heavy atom. The Morgan fingerprint density at radius 3 is 2.52 bits per heavy atom. The lowest BCUT2D eigenvalue weighted by molar-refractivity contribution is 0.0397. The Hall–Kier alpha value is -2.95. The Morgan fingerprint density at radius 2 is 1.86 bits per heavy atom. The van der Waals surface area contributed by atoms with Crippen molar-refractivity contribution >= 4 is 9.73 Å². The summed E-state index contributed by atoms with van der Waals surface area (Å²) >= 11 is 0. The van der Waals surface area contributed by atoms with E-state index in [1.807, 2.05) is 11.6 Å². The summed E-state index contributed by atoms with van der Waals surface area (Å²) in [6.07, 6.45) is 2.16. The molecule has 2 atom stereocenters. The van der Waals surface area contributed by atoms with Gasteiger partial charge < -0.3 is 4.74 Å². The van der Waals surface area contributed by atoms with E-state index in [-0.39, 0.29) is 11.9 Å². The van der Waals surface area contributed by atoms with Crippen LogP contribution in [0.15, 0.2) is 53.4 Å². The summed E-state index contributed by atoms with van der Waals surface area (Å²) in [6, 6.07) is 13.1. The molecular weight excluding hydrogens is 389 g/mol. The third-order valence-electron chi connectivity index (χ3n) is 4.78. The number of hydrogen-bond donors (Lipinski definition) is 1. The van der Waals surface area contributed by atoms with Gasteiger partial charge in [0, 0.05) is 28.7 Å². The van der Waals surface area contributed by atoms with Gasteiger partial charge >= 0.3 is 0 Å². The molecule has 1 aliphatic heterocycles. The van der Waals surface area contributed by atoms with E-state index in [9.17, 15) is 8.60 Å². The van der Waals surface area contributed by atoms with Crippen LogP contribution in [-0.4, -0.2) is 26.3 Å². The van der Waals surface area contributed by atoms with E-state index in [2.05, 4.69) is 16.9 Å². The highest BCUT2D eigenvalue weighted by Gasteiger charge is 2.24. The Balaban J connectivity index is 1.73. The van der Waals surface area contributed by atoms with Crippen LogP contribution in [0.1, 0.15) is 29.4 Å². The van der Waals surface area contributed by atoms with Crippen LogP contribution in [-0.2, 0) is 27.5 Å². The smallest absolute Gasteiger partial charge is 0.141 e. The summed E-state index contributed by atoms with van der Waals surface area (Å²) in [7, 11) is -2.74. The highest BCUT2D eigenvalue weighted by molar-refractivity contribution is 7.91. The van der Waals surface area contributed by atoms with Gasteiger partial charge in [-0.1, -0.05) is 5.92 Å². The number of fused-ring (bicyclic) bond motifs is 1. The Bertz CT molecular complexity index is 1220. The molecule has 0 saturated carbocycles. The van der Waals surface area contributed by atoms with Gasteiger partial charge in [0.1, 0.15) is 11.5 Å². The number of rotatable bonds is 2. The van der Waals surface area contributed by atoms with Gasteiger partial charge in [-0.05, 0) is 61.4 Å². The van der Waals surface area contributed by atoms with Crippen LogP contribution in [0.4, 0.5) is 4.39 Å². The molecule has 0 amide bonds. The molecule has 2 aromatic carbocycles. The van der Waals surface area contributed by atoms with E-state index in [1.165, 1.54) is 18.4 Å². The fourth-order valence-electron chi connectivity index (χ4n) is 3.23. The number of ether oxygens (including phenoxy) is 1. The fourth-order valence-corrected chi connectivity index (χ4v) is 3.88. The van der Waals surface area contributed by atoms with E-state index < -0.39 is 9.73 Å². The van der Waals surface area contributed by atoms with Crippen molar-refractivity contribution in [2.75, 3.05) is 6.26 Å². The van der Waals surface area contributed by atoms with E-state index in [4.69, 9.17) is 9.52 Å². The van der Waals surface area contributed by atoms with Gasteiger partial charge in [0.15, 0.2) is 0 Å². The molecule has 5 nitrogen and oxygen atoms in total. The van der Waals surface area contributed by atoms with Crippen LogP contribution in [0.2, 0.25) is 0 Å². The second-order valence-electron chi connectivity index (χ2n) is 7.11. The lowest BCUT2D eigenvalue weighted by atomic mass is 10.1. The first-order valence-corrected chi connectivity index (χ1v) is 11.1. The zero-order chi connectivity index (χ0) is 20.6.